The molecule has 1 aromatic rings. The van der Waals surface area contributed by atoms with E-state index in [0.29, 0.717) is 12.5 Å². The molecule has 1 rings (SSSR count). The standard InChI is InChI=1S/C10H19N3O2S/c1-8(2)6-13(9(3)4)16(14,15)10-5-11-7-12-10/h5,7-9H,6H2,1-4H3,(H,11,12). The molecule has 0 unspecified atom stereocenters. The van der Waals surface area contributed by atoms with E-state index in [2.05, 4.69) is 9.97 Å². The molecule has 0 aliphatic rings. The molecule has 16 heavy (non-hydrogen) atoms. The van der Waals surface area contributed by atoms with Crippen molar-refractivity contribution in [3.05, 3.63) is 12.5 Å². The maximum Gasteiger partial charge on any atom is 0.260 e. The van der Waals surface area contributed by atoms with Crippen molar-refractivity contribution in [3.63, 3.8) is 0 Å². The Kier molecular flexibility index (Phi) is 4.09. The minimum absolute atomic E-state index is 0.0595. The van der Waals surface area contributed by atoms with Crippen LogP contribution in [0.1, 0.15) is 27.7 Å². The lowest BCUT2D eigenvalue weighted by molar-refractivity contribution is 0.318. The predicted molar refractivity (Wildman–Crippen MR) is 62.5 cm³/mol. The molecule has 0 atom stereocenters. The molecule has 0 radical (unpaired) electrons. The molecule has 0 spiro atoms. The highest BCUT2D eigenvalue weighted by Gasteiger charge is 2.28. The highest BCUT2D eigenvalue weighted by atomic mass is 32.2. The molecule has 0 aliphatic heterocycles. The van der Waals surface area contributed by atoms with Crippen molar-refractivity contribution in [3.8, 4) is 0 Å². The smallest absolute Gasteiger partial charge is 0.260 e. The minimum Gasteiger partial charge on any atom is -0.335 e. The van der Waals surface area contributed by atoms with Gasteiger partial charge in [0.2, 0.25) is 0 Å². The molecule has 0 amide bonds. The third kappa shape index (κ3) is 2.82. The van der Waals surface area contributed by atoms with E-state index in [4.69, 9.17) is 0 Å². The zero-order chi connectivity index (χ0) is 12.3. The van der Waals surface area contributed by atoms with Gasteiger partial charge in [0, 0.05) is 12.6 Å². The number of hydrogen-bond acceptors (Lipinski definition) is 3. The summed E-state index contributed by atoms with van der Waals surface area (Å²) in [6.45, 7) is 8.25. The Hall–Kier alpha value is -0.880. The Balaban J connectivity index is 3.03. The lowest BCUT2D eigenvalue weighted by Gasteiger charge is -2.26. The van der Waals surface area contributed by atoms with E-state index < -0.39 is 10.0 Å². The minimum atomic E-state index is -3.44. The summed E-state index contributed by atoms with van der Waals surface area (Å²) >= 11 is 0. The molecule has 1 N–H and O–H groups in total. The van der Waals surface area contributed by atoms with Crippen molar-refractivity contribution in [1.29, 1.82) is 0 Å². The summed E-state index contributed by atoms with van der Waals surface area (Å²) in [5.41, 5.74) is 0. The fourth-order valence-electron chi connectivity index (χ4n) is 1.46. The van der Waals surface area contributed by atoms with Crippen LogP contribution in [0, 0.1) is 5.92 Å². The molecule has 5 nitrogen and oxygen atoms in total. The molecule has 0 bridgehead atoms. The van der Waals surface area contributed by atoms with E-state index in [1.807, 2.05) is 27.7 Å². The largest absolute Gasteiger partial charge is 0.335 e. The first-order valence-corrected chi connectivity index (χ1v) is 6.80. The van der Waals surface area contributed by atoms with Crippen LogP contribution in [0.15, 0.2) is 17.6 Å². The predicted octanol–water partition coefficient (Wildman–Crippen LogP) is 1.46. The van der Waals surface area contributed by atoms with Gasteiger partial charge in [0.05, 0.1) is 12.5 Å². The third-order valence-electron chi connectivity index (χ3n) is 2.18. The molecule has 0 fully saturated rings. The van der Waals surface area contributed by atoms with Crippen LogP contribution in [-0.4, -0.2) is 35.3 Å². The summed E-state index contributed by atoms with van der Waals surface area (Å²) in [5, 5.41) is 0.154. The van der Waals surface area contributed by atoms with Gasteiger partial charge in [-0.05, 0) is 19.8 Å². The Morgan fingerprint density at radius 3 is 2.38 bits per heavy atom. The van der Waals surface area contributed by atoms with Crippen LogP contribution in [0.4, 0.5) is 0 Å². The lowest BCUT2D eigenvalue weighted by Crippen LogP contribution is -2.39. The third-order valence-corrected chi connectivity index (χ3v) is 4.15. The number of rotatable bonds is 5. The Labute approximate surface area is 96.9 Å². The molecular weight excluding hydrogens is 226 g/mol. The summed E-state index contributed by atoms with van der Waals surface area (Å²) in [6.07, 6.45) is 2.71. The quantitative estimate of drug-likeness (QED) is 0.854. The number of nitrogens with one attached hydrogen (secondary N) is 1. The van der Waals surface area contributed by atoms with Gasteiger partial charge in [-0.3, -0.25) is 0 Å². The first-order valence-electron chi connectivity index (χ1n) is 5.36. The number of imidazole rings is 1. The molecule has 6 heteroatoms. The van der Waals surface area contributed by atoms with Gasteiger partial charge in [-0.1, -0.05) is 13.8 Å². The summed E-state index contributed by atoms with van der Waals surface area (Å²) in [6, 6.07) is -0.0595. The molecule has 0 saturated carbocycles. The fourth-order valence-corrected chi connectivity index (χ4v) is 3.15. The number of aromatic nitrogens is 2. The zero-order valence-corrected chi connectivity index (χ0v) is 11.0. The van der Waals surface area contributed by atoms with Crippen molar-refractivity contribution in [2.24, 2.45) is 5.92 Å². The van der Waals surface area contributed by atoms with Crippen LogP contribution in [-0.2, 0) is 10.0 Å². The Bertz CT molecular complexity index is 409. The van der Waals surface area contributed by atoms with Gasteiger partial charge in [-0.15, -0.1) is 0 Å². The number of H-pyrrole nitrogens is 1. The highest BCUT2D eigenvalue weighted by Crippen LogP contribution is 2.17. The van der Waals surface area contributed by atoms with Gasteiger partial charge in [0.15, 0.2) is 5.03 Å². The summed E-state index contributed by atoms with van der Waals surface area (Å²) in [4.78, 5) is 6.39. The van der Waals surface area contributed by atoms with Crippen LogP contribution in [0.25, 0.3) is 0 Å². The first kappa shape index (κ1) is 13.2. The van der Waals surface area contributed by atoms with Gasteiger partial charge < -0.3 is 4.98 Å². The Morgan fingerprint density at radius 2 is 2.00 bits per heavy atom. The van der Waals surface area contributed by atoms with Crippen molar-refractivity contribution < 1.29 is 8.42 Å². The second-order valence-corrected chi connectivity index (χ2v) is 6.34. The monoisotopic (exact) mass is 245 g/mol. The van der Waals surface area contributed by atoms with Crippen LogP contribution in [0.3, 0.4) is 0 Å². The van der Waals surface area contributed by atoms with E-state index in [9.17, 15) is 8.42 Å². The Morgan fingerprint density at radius 1 is 1.38 bits per heavy atom. The SMILES string of the molecule is CC(C)CN(C(C)C)S(=O)(=O)c1cnc[nH]1. The van der Waals surface area contributed by atoms with E-state index in [1.165, 1.54) is 16.8 Å². The average Bonchev–Trinajstić information content (AvgIpc) is 2.66. The maximum absolute atomic E-state index is 12.2. The van der Waals surface area contributed by atoms with Crippen LogP contribution >= 0.6 is 0 Å². The van der Waals surface area contributed by atoms with E-state index in [-0.39, 0.29) is 11.1 Å². The molecule has 1 aromatic heterocycles. The lowest BCUT2D eigenvalue weighted by atomic mass is 10.2. The van der Waals surface area contributed by atoms with Gasteiger partial charge in [-0.25, -0.2) is 13.4 Å². The normalized spacial score (nSPS) is 12.9. The van der Waals surface area contributed by atoms with Crippen LogP contribution in [0.2, 0.25) is 0 Å². The zero-order valence-electron chi connectivity index (χ0n) is 10.1. The second kappa shape index (κ2) is 4.97. The average molecular weight is 245 g/mol. The number of hydrogen-bond donors (Lipinski definition) is 1. The molecule has 0 aromatic carbocycles. The number of nitrogens with zero attached hydrogens (tertiary/aromatic N) is 2. The van der Waals surface area contributed by atoms with E-state index in [0.717, 1.165) is 0 Å². The molecule has 1 heterocycles. The van der Waals surface area contributed by atoms with E-state index in [1.54, 1.807) is 0 Å². The molecule has 0 saturated heterocycles. The van der Waals surface area contributed by atoms with Gasteiger partial charge in [0.1, 0.15) is 0 Å². The molecule has 0 aliphatic carbocycles. The highest BCUT2D eigenvalue weighted by molar-refractivity contribution is 7.89. The topological polar surface area (TPSA) is 66.1 Å². The van der Waals surface area contributed by atoms with E-state index >= 15 is 0 Å². The fraction of sp³-hybridized carbons (Fsp3) is 0.700. The molecular formula is C10H19N3O2S. The second-order valence-electron chi connectivity index (χ2n) is 4.48. The molecule has 92 valence electrons. The maximum atomic E-state index is 12.2. The van der Waals surface area contributed by atoms with Crippen LogP contribution in [0.5, 0.6) is 0 Å². The number of aromatic amines is 1. The summed E-state index contributed by atoms with van der Waals surface area (Å²) in [7, 11) is -3.44. The van der Waals surface area contributed by atoms with Crippen molar-refractivity contribution in [2.75, 3.05) is 6.54 Å². The van der Waals surface area contributed by atoms with Crippen molar-refractivity contribution >= 4 is 10.0 Å². The van der Waals surface area contributed by atoms with Gasteiger partial charge >= 0.3 is 0 Å². The summed E-state index contributed by atoms with van der Waals surface area (Å²) < 4.78 is 25.9. The van der Waals surface area contributed by atoms with Gasteiger partial charge in [0.25, 0.3) is 10.0 Å². The first-order chi connectivity index (χ1) is 7.35. The van der Waals surface area contributed by atoms with Crippen LogP contribution < -0.4 is 0 Å². The number of sulfonamides is 1. The summed E-state index contributed by atoms with van der Waals surface area (Å²) in [5.74, 6) is 0.292. The van der Waals surface area contributed by atoms with Crippen molar-refractivity contribution in [2.45, 2.75) is 38.8 Å². The van der Waals surface area contributed by atoms with Gasteiger partial charge in [-0.2, -0.15) is 4.31 Å². The van der Waals surface area contributed by atoms with Crippen molar-refractivity contribution in [1.82, 2.24) is 14.3 Å².